The third kappa shape index (κ3) is 6.05. The molecular formula is C42H57N2O2+. The largest absolute Gasteiger partial charge is 0.506 e. The number of ketones is 1. The van der Waals surface area contributed by atoms with E-state index in [0.29, 0.717) is 23.0 Å². The molecule has 0 radical (unpaired) electrons. The van der Waals surface area contributed by atoms with Crippen molar-refractivity contribution in [2.45, 2.75) is 118 Å². The summed E-state index contributed by atoms with van der Waals surface area (Å²) in [6.45, 7) is 19.9. The Morgan fingerprint density at radius 1 is 0.804 bits per heavy atom. The van der Waals surface area contributed by atoms with Crippen LogP contribution >= 0.6 is 0 Å². The first-order valence-electron chi connectivity index (χ1n) is 18.0. The van der Waals surface area contributed by atoms with Crippen molar-refractivity contribution >= 4 is 22.9 Å². The van der Waals surface area contributed by atoms with Gasteiger partial charge in [-0.3, -0.25) is 4.79 Å². The van der Waals surface area contributed by atoms with E-state index in [2.05, 4.69) is 113 Å². The Balaban J connectivity index is 1.56. The molecule has 2 aromatic carbocycles. The molecule has 0 bridgehead atoms. The van der Waals surface area contributed by atoms with Gasteiger partial charge in [0.1, 0.15) is 5.76 Å². The van der Waals surface area contributed by atoms with E-state index in [1.807, 2.05) is 12.2 Å². The number of hydrogen-bond donors (Lipinski definition) is 1. The molecular weight excluding hydrogens is 564 g/mol. The van der Waals surface area contributed by atoms with Crippen LogP contribution in [0.3, 0.4) is 0 Å². The molecule has 5 rings (SSSR count). The summed E-state index contributed by atoms with van der Waals surface area (Å²) < 4.78 is 2.43. The Kier molecular flexibility index (Phi) is 10.2. The number of hydrogen-bond acceptors (Lipinski definition) is 3. The lowest BCUT2D eigenvalue weighted by atomic mass is 9.77. The predicted octanol–water partition coefficient (Wildman–Crippen LogP) is 10.5. The number of Topliss-reactive ketones (excluding diaryl/α,β-unsaturated/α-hetero) is 1. The van der Waals surface area contributed by atoms with E-state index in [9.17, 15) is 9.90 Å². The summed E-state index contributed by atoms with van der Waals surface area (Å²) in [4.78, 5) is 16.4. The second kappa shape index (κ2) is 13.8. The van der Waals surface area contributed by atoms with E-state index < -0.39 is 0 Å². The van der Waals surface area contributed by atoms with E-state index in [0.717, 1.165) is 37.3 Å². The molecule has 1 aliphatic carbocycles. The highest BCUT2D eigenvalue weighted by Gasteiger charge is 2.47. The molecule has 2 aliphatic heterocycles. The summed E-state index contributed by atoms with van der Waals surface area (Å²) in [6.07, 6.45) is 13.5. The molecule has 0 amide bonds. The fourth-order valence-electron chi connectivity index (χ4n) is 7.93. The fourth-order valence-corrected chi connectivity index (χ4v) is 7.93. The third-order valence-electron chi connectivity index (χ3n) is 11.1. The maximum Gasteiger partial charge on any atom is 0.209 e. The molecule has 4 heteroatoms. The molecule has 46 heavy (non-hydrogen) atoms. The van der Waals surface area contributed by atoms with Gasteiger partial charge >= 0.3 is 0 Å². The SMILES string of the molecule is CCCCC(CC)CN1/C(=C/C2=C(O)C(=C\C3=[N+](CC(CC)CCCC)c4ccccc4C3(C)C)/C2=O)C(C)(C)c2ccccc21. The van der Waals surface area contributed by atoms with Gasteiger partial charge in [-0.05, 0) is 56.7 Å². The molecule has 0 saturated heterocycles. The fraction of sp³-hybridized carbons (Fsp3) is 0.524. The highest BCUT2D eigenvalue weighted by Crippen LogP contribution is 2.50. The Labute approximate surface area is 278 Å². The summed E-state index contributed by atoms with van der Waals surface area (Å²) in [5.41, 5.74) is 7.51. The molecule has 3 aliphatic rings. The molecule has 2 atom stereocenters. The Morgan fingerprint density at radius 3 is 2.04 bits per heavy atom. The number of unbranched alkanes of at least 4 members (excludes halogenated alkanes) is 2. The number of rotatable bonds is 14. The van der Waals surface area contributed by atoms with Gasteiger partial charge in [0, 0.05) is 47.0 Å². The topological polar surface area (TPSA) is 43.5 Å². The van der Waals surface area contributed by atoms with Gasteiger partial charge in [-0.25, -0.2) is 0 Å². The molecule has 2 heterocycles. The van der Waals surface area contributed by atoms with Crippen LogP contribution in [0.2, 0.25) is 0 Å². The van der Waals surface area contributed by atoms with Crippen LogP contribution in [0.4, 0.5) is 11.4 Å². The first-order chi connectivity index (χ1) is 22.0. The zero-order valence-corrected chi connectivity index (χ0v) is 29.7. The van der Waals surface area contributed by atoms with Gasteiger partial charge in [-0.2, -0.15) is 4.58 Å². The summed E-state index contributed by atoms with van der Waals surface area (Å²) in [5, 5.41) is 11.6. The number of nitrogens with zero attached hydrogens (tertiary/aromatic N) is 2. The van der Waals surface area contributed by atoms with Crippen LogP contribution in [0, 0.1) is 11.8 Å². The van der Waals surface area contributed by atoms with Crippen LogP contribution in [0.25, 0.3) is 0 Å². The maximum absolute atomic E-state index is 14.0. The number of fused-ring (bicyclic) bond motifs is 2. The average molecular weight is 622 g/mol. The van der Waals surface area contributed by atoms with Gasteiger partial charge in [0.2, 0.25) is 11.5 Å². The highest BCUT2D eigenvalue weighted by molar-refractivity contribution is 6.24. The normalized spacial score (nSPS) is 21.2. The number of aliphatic hydroxyl groups excluding tert-OH is 1. The number of allylic oxidation sites excluding steroid dienone is 5. The minimum absolute atomic E-state index is 0.0630. The number of benzene rings is 2. The summed E-state index contributed by atoms with van der Waals surface area (Å²) in [7, 11) is 0. The summed E-state index contributed by atoms with van der Waals surface area (Å²) >= 11 is 0. The number of aliphatic hydroxyl groups is 1. The van der Waals surface area contributed by atoms with Crippen LogP contribution in [-0.2, 0) is 15.6 Å². The van der Waals surface area contributed by atoms with Crippen molar-refractivity contribution in [3.63, 3.8) is 0 Å². The van der Waals surface area contributed by atoms with Crippen molar-refractivity contribution in [1.82, 2.24) is 0 Å². The molecule has 0 aromatic heterocycles. The minimum Gasteiger partial charge on any atom is -0.506 e. The standard InChI is InChI=1S/C42H56N2O2/c1-9-13-19-29(11-3)27-43-35-23-17-15-21-33(35)41(5,6)37(43)25-31-39(45)32(40(31)46)26-38-42(7,8)34-22-16-18-24-36(34)44(38)28-30(12-4)20-14-10-2/h15-18,21-26,29-30H,9-14,19-20,27-28H2,1-8H3/p+1. The monoisotopic (exact) mass is 621 g/mol. The molecule has 1 N–H and O–H groups in total. The average Bonchev–Trinajstić information content (AvgIpc) is 3.40. The van der Waals surface area contributed by atoms with Crippen molar-refractivity contribution in [3.05, 3.63) is 94.4 Å². The van der Waals surface area contributed by atoms with Crippen molar-refractivity contribution in [2.75, 3.05) is 18.0 Å². The van der Waals surface area contributed by atoms with Gasteiger partial charge in [-0.15, -0.1) is 0 Å². The lowest BCUT2D eigenvalue weighted by Crippen LogP contribution is -2.33. The molecule has 0 saturated carbocycles. The maximum atomic E-state index is 14.0. The van der Waals surface area contributed by atoms with E-state index >= 15 is 0 Å². The number of para-hydroxylation sites is 2. The first-order valence-corrected chi connectivity index (χ1v) is 18.0. The van der Waals surface area contributed by atoms with Crippen LogP contribution in [0.15, 0.2) is 83.3 Å². The van der Waals surface area contributed by atoms with Crippen molar-refractivity contribution < 1.29 is 14.5 Å². The second-order valence-corrected chi connectivity index (χ2v) is 14.9. The molecule has 4 nitrogen and oxygen atoms in total. The smallest absolute Gasteiger partial charge is 0.209 e. The van der Waals surface area contributed by atoms with Gasteiger partial charge in [-0.1, -0.05) is 110 Å². The Bertz CT molecular complexity index is 1580. The predicted molar refractivity (Wildman–Crippen MR) is 194 cm³/mol. The molecule has 0 spiro atoms. The van der Waals surface area contributed by atoms with Crippen LogP contribution in [0.5, 0.6) is 0 Å². The van der Waals surface area contributed by atoms with Crippen molar-refractivity contribution in [2.24, 2.45) is 11.8 Å². The van der Waals surface area contributed by atoms with Gasteiger partial charge < -0.3 is 10.0 Å². The lowest BCUT2D eigenvalue weighted by molar-refractivity contribution is -0.447. The highest BCUT2D eigenvalue weighted by atomic mass is 16.3. The van der Waals surface area contributed by atoms with Crippen LogP contribution in [0.1, 0.15) is 118 Å². The Morgan fingerprint density at radius 2 is 1.41 bits per heavy atom. The summed E-state index contributed by atoms with van der Waals surface area (Å²) in [6, 6.07) is 17.3. The summed E-state index contributed by atoms with van der Waals surface area (Å²) in [5.74, 6) is 1.20. The molecule has 246 valence electrons. The van der Waals surface area contributed by atoms with Crippen LogP contribution < -0.4 is 4.90 Å². The van der Waals surface area contributed by atoms with E-state index in [1.165, 1.54) is 61.0 Å². The number of anilines is 1. The Hall–Kier alpha value is -3.40. The zero-order chi connectivity index (χ0) is 33.2. The molecule has 2 aromatic rings. The van der Waals surface area contributed by atoms with Gasteiger partial charge in [0.25, 0.3) is 0 Å². The number of carbonyl (C=O) groups is 1. The first kappa shape index (κ1) is 33.9. The molecule has 0 fully saturated rings. The van der Waals surface area contributed by atoms with Crippen molar-refractivity contribution in [1.29, 1.82) is 0 Å². The second-order valence-electron chi connectivity index (χ2n) is 14.9. The van der Waals surface area contributed by atoms with Gasteiger partial charge in [0.15, 0.2) is 12.3 Å². The third-order valence-corrected chi connectivity index (χ3v) is 11.1. The lowest BCUT2D eigenvalue weighted by Gasteiger charge is -2.31. The zero-order valence-electron chi connectivity index (χ0n) is 29.7. The molecule has 2 unspecified atom stereocenters. The van der Waals surface area contributed by atoms with E-state index in [-0.39, 0.29) is 22.4 Å². The quantitative estimate of drug-likeness (QED) is 0.169. The van der Waals surface area contributed by atoms with E-state index in [4.69, 9.17) is 0 Å². The minimum atomic E-state index is -0.277. The van der Waals surface area contributed by atoms with Crippen LogP contribution in [-0.4, -0.2) is 34.3 Å². The van der Waals surface area contributed by atoms with Crippen molar-refractivity contribution in [3.8, 4) is 0 Å². The van der Waals surface area contributed by atoms with E-state index in [1.54, 1.807) is 0 Å². The van der Waals surface area contributed by atoms with Gasteiger partial charge in [0.05, 0.1) is 16.6 Å². The number of carbonyl (C=O) groups excluding carboxylic acids is 1.